The first-order valence-corrected chi connectivity index (χ1v) is 14.8. The summed E-state index contributed by atoms with van der Waals surface area (Å²) < 4.78 is 32.1. The van der Waals surface area contributed by atoms with Gasteiger partial charge >= 0.3 is 0 Å². The van der Waals surface area contributed by atoms with Crippen LogP contribution in [-0.2, 0) is 22.0 Å². The number of anilines is 1. The fraction of sp³-hybridized carbons (Fsp3) is 0.323. The van der Waals surface area contributed by atoms with E-state index in [9.17, 15) is 13.2 Å². The van der Waals surface area contributed by atoms with Crippen LogP contribution in [0.5, 0.6) is 5.75 Å². The van der Waals surface area contributed by atoms with Gasteiger partial charge in [0.25, 0.3) is 5.91 Å². The smallest absolute Gasteiger partial charge is 0.254 e. The van der Waals surface area contributed by atoms with E-state index in [0.717, 1.165) is 36.3 Å². The molecule has 1 heterocycles. The van der Waals surface area contributed by atoms with Gasteiger partial charge in [-0.3, -0.25) is 4.79 Å². The summed E-state index contributed by atoms with van der Waals surface area (Å²) in [5, 5.41) is 0. The van der Waals surface area contributed by atoms with E-state index in [2.05, 4.69) is 18.4 Å². The molecule has 0 atom stereocenters. The lowest BCUT2D eigenvalue weighted by molar-refractivity contribution is 0.0746. The second kappa shape index (κ2) is 12.3. The molecule has 1 amide bonds. The number of para-hydroxylation sites is 2. The molecule has 6 nitrogen and oxygen atoms in total. The van der Waals surface area contributed by atoms with Gasteiger partial charge in [-0.2, -0.15) is 0 Å². The molecule has 3 aromatic carbocycles. The van der Waals surface area contributed by atoms with Crippen molar-refractivity contribution < 1.29 is 17.9 Å². The van der Waals surface area contributed by atoms with Crippen LogP contribution in [0.25, 0.3) is 6.08 Å². The number of unbranched alkanes of at least 4 members (excludes halogenated alkanes) is 1. The molecule has 0 aromatic heterocycles. The minimum absolute atomic E-state index is 0.111. The quantitative estimate of drug-likeness (QED) is 0.339. The van der Waals surface area contributed by atoms with Crippen LogP contribution >= 0.6 is 0 Å². The number of hydrogen-bond acceptors (Lipinski definition) is 5. The lowest BCUT2D eigenvalue weighted by atomic mass is 10.1. The topological polar surface area (TPSA) is 66.9 Å². The molecule has 7 heteroatoms. The van der Waals surface area contributed by atoms with Crippen molar-refractivity contribution in [3.63, 3.8) is 0 Å². The monoisotopic (exact) mass is 532 g/mol. The number of sulfone groups is 1. The Morgan fingerprint density at radius 2 is 1.66 bits per heavy atom. The fourth-order valence-electron chi connectivity index (χ4n) is 4.79. The first kappa shape index (κ1) is 27.5. The Bertz CT molecular complexity index is 1380. The normalized spacial score (nSPS) is 13.8. The van der Waals surface area contributed by atoms with Gasteiger partial charge in [0.05, 0.1) is 23.4 Å². The molecule has 38 heavy (non-hydrogen) atoms. The summed E-state index contributed by atoms with van der Waals surface area (Å²) in [5.74, 6) is 0.506. The van der Waals surface area contributed by atoms with Gasteiger partial charge < -0.3 is 14.5 Å². The fourth-order valence-corrected chi connectivity index (χ4v) is 6.16. The Hall–Kier alpha value is -3.58. The molecule has 1 saturated heterocycles. The minimum Gasteiger partial charge on any atom is -0.495 e. The summed E-state index contributed by atoms with van der Waals surface area (Å²) in [7, 11) is -1.98. The SMILES string of the molecule is C=Cc1ccc(S(=O)(=O)Cc2ccc(CCCC)cc2)cc1C(=O)N1CCN(c2ccccc2OC)CC1. The van der Waals surface area contributed by atoms with E-state index in [4.69, 9.17) is 4.74 Å². The maximum absolute atomic E-state index is 13.5. The van der Waals surface area contributed by atoms with Crippen LogP contribution in [0.4, 0.5) is 5.69 Å². The third kappa shape index (κ3) is 6.27. The van der Waals surface area contributed by atoms with E-state index in [1.807, 2.05) is 48.5 Å². The Kier molecular flexibility index (Phi) is 8.89. The molecule has 0 aliphatic carbocycles. The van der Waals surface area contributed by atoms with E-state index < -0.39 is 9.84 Å². The van der Waals surface area contributed by atoms with Crippen molar-refractivity contribution in [3.05, 3.63) is 95.6 Å². The van der Waals surface area contributed by atoms with Crippen LogP contribution in [0.15, 0.2) is 78.2 Å². The van der Waals surface area contributed by atoms with Gasteiger partial charge in [0.1, 0.15) is 5.75 Å². The van der Waals surface area contributed by atoms with Crippen LogP contribution in [-0.4, -0.2) is 52.5 Å². The molecule has 0 spiro atoms. The van der Waals surface area contributed by atoms with Crippen LogP contribution in [0.3, 0.4) is 0 Å². The van der Waals surface area contributed by atoms with Gasteiger partial charge in [-0.1, -0.05) is 68.5 Å². The molecule has 1 aliphatic rings. The number of carbonyl (C=O) groups is 1. The highest BCUT2D eigenvalue weighted by Crippen LogP contribution is 2.29. The third-order valence-corrected chi connectivity index (χ3v) is 8.71. The molecule has 1 fully saturated rings. The van der Waals surface area contributed by atoms with Gasteiger partial charge in [-0.15, -0.1) is 0 Å². The van der Waals surface area contributed by atoms with Gasteiger partial charge in [-0.25, -0.2) is 8.42 Å². The van der Waals surface area contributed by atoms with Crippen molar-refractivity contribution >= 4 is 27.5 Å². The van der Waals surface area contributed by atoms with Crippen LogP contribution in [0, 0.1) is 0 Å². The summed E-state index contributed by atoms with van der Waals surface area (Å²) in [5.41, 5.74) is 3.93. The van der Waals surface area contributed by atoms with E-state index in [1.54, 1.807) is 30.2 Å². The number of nitrogens with zero attached hydrogens (tertiary/aromatic N) is 2. The number of benzene rings is 3. The van der Waals surface area contributed by atoms with Crippen molar-refractivity contribution in [2.24, 2.45) is 0 Å². The average Bonchev–Trinajstić information content (AvgIpc) is 2.96. The number of rotatable bonds is 10. The number of carbonyl (C=O) groups excluding carboxylic acids is 1. The van der Waals surface area contributed by atoms with Crippen LogP contribution in [0.2, 0.25) is 0 Å². The Labute approximate surface area is 226 Å². The summed E-state index contributed by atoms with van der Waals surface area (Å²) in [4.78, 5) is 17.7. The summed E-state index contributed by atoms with van der Waals surface area (Å²) in [6.07, 6.45) is 4.82. The number of amides is 1. The first-order chi connectivity index (χ1) is 18.4. The van der Waals surface area contributed by atoms with E-state index in [1.165, 1.54) is 11.6 Å². The highest BCUT2D eigenvalue weighted by molar-refractivity contribution is 7.90. The van der Waals surface area contributed by atoms with Gasteiger partial charge in [-0.05, 0) is 53.8 Å². The Morgan fingerprint density at radius 3 is 2.32 bits per heavy atom. The van der Waals surface area contributed by atoms with Crippen LogP contribution in [0.1, 0.15) is 46.8 Å². The van der Waals surface area contributed by atoms with Gasteiger partial charge in [0.15, 0.2) is 9.84 Å². The number of methoxy groups -OCH3 is 1. The highest BCUT2D eigenvalue weighted by atomic mass is 32.2. The molecule has 3 aromatic rings. The van der Waals surface area contributed by atoms with E-state index in [0.29, 0.717) is 37.3 Å². The maximum atomic E-state index is 13.5. The molecule has 0 saturated carbocycles. The molecule has 0 radical (unpaired) electrons. The summed E-state index contributed by atoms with van der Waals surface area (Å²) >= 11 is 0. The van der Waals surface area contributed by atoms with Gasteiger partial charge in [0.2, 0.25) is 0 Å². The van der Waals surface area contributed by atoms with Crippen molar-refractivity contribution in [2.75, 3.05) is 38.2 Å². The zero-order valence-corrected chi connectivity index (χ0v) is 23.0. The molecular weight excluding hydrogens is 496 g/mol. The van der Waals surface area contributed by atoms with Crippen molar-refractivity contribution in [1.82, 2.24) is 4.90 Å². The van der Waals surface area contributed by atoms with Crippen molar-refractivity contribution in [1.29, 1.82) is 0 Å². The number of aryl methyl sites for hydroxylation is 1. The number of ether oxygens (including phenoxy) is 1. The molecule has 0 bridgehead atoms. The average molecular weight is 533 g/mol. The third-order valence-electron chi connectivity index (χ3n) is 7.03. The molecule has 1 aliphatic heterocycles. The zero-order valence-electron chi connectivity index (χ0n) is 22.2. The molecular formula is C31H36N2O4S. The van der Waals surface area contributed by atoms with Crippen molar-refractivity contribution in [2.45, 2.75) is 36.8 Å². The Morgan fingerprint density at radius 1 is 0.974 bits per heavy atom. The Balaban J connectivity index is 1.49. The van der Waals surface area contributed by atoms with Crippen LogP contribution < -0.4 is 9.64 Å². The van der Waals surface area contributed by atoms with E-state index in [-0.39, 0.29) is 16.6 Å². The zero-order chi connectivity index (χ0) is 27.1. The molecule has 200 valence electrons. The standard InChI is InChI=1S/C31H36N2O4S/c1-4-6-9-24-12-14-25(15-13-24)23-38(35,36)27-17-16-26(5-2)28(22-27)31(34)33-20-18-32(19-21-33)29-10-7-8-11-30(29)37-3/h5,7-8,10-17,22H,2,4,6,9,18-21,23H2,1,3H3. The van der Waals surface area contributed by atoms with Crippen molar-refractivity contribution in [3.8, 4) is 5.75 Å². The molecule has 4 rings (SSSR count). The highest BCUT2D eigenvalue weighted by Gasteiger charge is 2.26. The second-order valence-corrected chi connectivity index (χ2v) is 11.6. The second-order valence-electron chi connectivity index (χ2n) is 9.58. The predicted molar refractivity (Wildman–Crippen MR) is 154 cm³/mol. The predicted octanol–water partition coefficient (Wildman–Crippen LogP) is 5.62. The number of piperazine rings is 1. The minimum atomic E-state index is -3.63. The molecule has 0 N–H and O–H groups in total. The summed E-state index contributed by atoms with van der Waals surface area (Å²) in [6.45, 7) is 8.34. The lowest BCUT2D eigenvalue weighted by Gasteiger charge is -2.36. The maximum Gasteiger partial charge on any atom is 0.254 e. The summed E-state index contributed by atoms with van der Waals surface area (Å²) in [6, 6.07) is 20.4. The largest absolute Gasteiger partial charge is 0.495 e. The van der Waals surface area contributed by atoms with Gasteiger partial charge in [0, 0.05) is 31.7 Å². The molecule has 0 unspecified atom stereocenters. The van der Waals surface area contributed by atoms with E-state index >= 15 is 0 Å². The number of hydrogen-bond donors (Lipinski definition) is 0. The lowest BCUT2D eigenvalue weighted by Crippen LogP contribution is -2.49. The first-order valence-electron chi connectivity index (χ1n) is 13.1.